The zero-order chi connectivity index (χ0) is 22.5. The van der Waals surface area contributed by atoms with Gasteiger partial charge >= 0.3 is 0 Å². The van der Waals surface area contributed by atoms with Crippen molar-refractivity contribution in [3.8, 4) is 17.7 Å². The van der Waals surface area contributed by atoms with Gasteiger partial charge in [-0.15, -0.1) is 5.92 Å². The fourth-order valence-corrected chi connectivity index (χ4v) is 4.94. The lowest BCUT2D eigenvalue weighted by Crippen LogP contribution is -2.34. The van der Waals surface area contributed by atoms with Crippen LogP contribution in [0.25, 0.3) is 10.8 Å². The highest BCUT2D eigenvalue weighted by Crippen LogP contribution is 2.34. The molecule has 1 fully saturated rings. The number of likely N-dealkylation sites (tertiary alicyclic amines) is 1. The van der Waals surface area contributed by atoms with Gasteiger partial charge in [0.15, 0.2) is 5.88 Å². The molecule has 0 radical (unpaired) electrons. The second-order valence-corrected chi connectivity index (χ2v) is 8.89. The molecule has 0 saturated carbocycles. The van der Waals surface area contributed by atoms with E-state index in [9.17, 15) is 5.11 Å². The first-order valence-corrected chi connectivity index (χ1v) is 11.9. The lowest BCUT2D eigenvalue weighted by Gasteiger charge is -2.31. The van der Waals surface area contributed by atoms with Gasteiger partial charge in [0.2, 0.25) is 0 Å². The monoisotopic (exact) mass is 434 g/mol. The Morgan fingerprint density at radius 3 is 2.03 bits per heavy atom. The van der Waals surface area contributed by atoms with Crippen LogP contribution < -0.4 is 0 Å². The molecule has 0 spiro atoms. The van der Waals surface area contributed by atoms with E-state index in [0.29, 0.717) is 17.8 Å². The Balaban J connectivity index is 1.19. The van der Waals surface area contributed by atoms with E-state index in [2.05, 4.69) is 94.2 Å². The number of rotatable bonds is 5. The van der Waals surface area contributed by atoms with Crippen LogP contribution in [-0.4, -0.2) is 34.2 Å². The standard InChI is InChI=1S/C30H30N2O/c33-30-29-17-8-7-15-26(29)23-32(30)27-18-21-31(22-19-27)20-10-9-16-28(24-11-3-1-4-12-24)25-13-5-2-6-14-25/h1-8,11-15,17,23,27-28,33H,16,18-22H2. The highest BCUT2D eigenvalue weighted by atomic mass is 16.3. The highest BCUT2D eigenvalue weighted by molar-refractivity contribution is 5.87. The molecule has 3 heteroatoms. The van der Waals surface area contributed by atoms with Crippen molar-refractivity contribution in [3.63, 3.8) is 0 Å². The zero-order valence-electron chi connectivity index (χ0n) is 18.9. The van der Waals surface area contributed by atoms with E-state index in [1.54, 1.807) is 0 Å². The summed E-state index contributed by atoms with van der Waals surface area (Å²) in [5.41, 5.74) is 2.63. The summed E-state index contributed by atoms with van der Waals surface area (Å²) >= 11 is 0. The second kappa shape index (κ2) is 9.98. The van der Waals surface area contributed by atoms with Crippen LogP contribution in [-0.2, 0) is 0 Å². The highest BCUT2D eigenvalue weighted by Gasteiger charge is 2.22. The molecular weight excluding hydrogens is 404 g/mol. The number of hydrogen-bond acceptors (Lipinski definition) is 2. The van der Waals surface area contributed by atoms with Gasteiger partial charge < -0.3 is 9.67 Å². The molecule has 3 nitrogen and oxygen atoms in total. The predicted molar refractivity (Wildman–Crippen MR) is 135 cm³/mol. The van der Waals surface area contributed by atoms with Gasteiger partial charge in [-0.3, -0.25) is 4.90 Å². The van der Waals surface area contributed by atoms with Crippen LogP contribution in [0.4, 0.5) is 0 Å². The molecule has 1 aromatic heterocycles. The molecule has 1 saturated heterocycles. The molecular formula is C30H30N2O. The van der Waals surface area contributed by atoms with E-state index in [0.717, 1.165) is 49.7 Å². The molecule has 4 aromatic rings. The summed E-state index contributed by atoms with van der Waals surface area (Å²) in [4.78, 5) is 2.43. The van der Waals surface area contributed by atoms with E-state index in [1.807, 2.05) is 18.2 Å². The fraction of sp³-hybridized carbons (Fsp3) is 0.267. The third-order valence-corrected chi connectivity index (χ3v) is 6.81. The average Bonchev–Trinajstić information content (AvgIpc) is 3.22. The Morgan fingerprint density at radius 2 is 1.39 bits per heavy atom. The minimum absolute atomic E-state index is 0.302. The maximum absolute atomic E-state index is 10.6. The Hall–Kier alpha value is -3.48. The van der Waals surface area contributed by atoms with E-state index in [4.69, 9.17) is 0 Å². The summed E-state index contributed by atoms with van der Waals surface area (Å²) in [6.45, 7) is 2.82. The van der Waals surface area contributed by atoms with Crippen molar-refractivity contribution in [1.82, 2.24) is 9.47 Å². The topological polar surface area (TPSA) is 28.4 Å². The van der Waals surface area contributed by atoms with E-state index in [-0.39, 0.29) is 0 Å². The summed E-state index contributed by atoms with van der Waals surface area (Å²) in [6, 6.07) is 29.8. The third kappa shape index (κ3) is 4.82. The molecule has 0 amide bonds. The Kier molecular flexibility index (Phi) is 6.46. The van der Waals surface area contributed by atoms with Gasteiger partial charge in [-0.05, 0) is 30.0 Å². The van der Waals surface area contributed by atoms with E-state index >= 15 is 0 Å². The molecule has 166 valence electrons. The molecule has 3 aromatic carbocycles. The molecule has 1 aliphatic rings. The first-order chi connectivity index (χ1) is 16.3. The minimum Gasteiger partial charge on any atom is -0.494 e. The first kappa shape index (κ1) is 21.4. The summed E-state index contributed by atoms with van der Waals surface area (Å²) in [5, 5.41) is 12.7. The zero-order valence-corrected chi connectivity index (χ0v) is 18.9. The van der Waals surface area contributed by atoms with Gasteiger partial charge in [0.25, 0.3) is 0 Å². The molecule has 1 aliphatic heterocycles. The maximum Gasteiger partial charge on any atom is 0.199 e. The number of hydrogen-bond donors (Lipinski definition) is 1. The van der Waals surface area contributed by atoms with Crippen molar-refractivity contribution in [1.29, 1.82) is 0 Å². The van der Waals surface area contributed by atoms with Gasteiger partial charge in [-0.2, -0.15) is 0 Å². The van der Waals surface area contributed by atoms with Crippen molar-refractivity contribution in [2.45, 2.75) is 31.2 Å². The third-order valence-electron chi connectivity index (χ3n) is 6.81. The van der Waals surface area contributed by atoms with Crippen molar-refractivity contribution in [3.05, 3.63) is 102 Å². The lowest BCUT2D eigenvalue weighted by molar-refractivity contribution is 0.199. The smallest absolute Gasteiger partial charge is 0.199 e. The quantitative estimate of drug-likeness (QED) is 0.378. The lowest BCUT2D eigenvalue weighted by atomic mass is 9.89. The van der Waals surface area contributed by atoms with Gasteiger partial charge in [-0.25, -0.2) is 0 Å². The average molecular weight is 435 g/mol. The molecule has 5 rings (SSSR count). The normalized spacial score (nSPS) is 14.9. The predicted octanol–water partition coefficient (Wildman–Crippen LogP) is 6.21. The number of nitrogens with zero attached hydrogens (tertiary/aromatic N) is 2. The maximum atomic E-state index is 10.6. The molecule has 2 heterocycles. The number of aromatic nitrogens is 1. The van der Waals surface area contributed by atoms with Crippen LogP contribution in [0.5, 0.6) is 5.88 Å². The van der Waals surface area contributed by atoms with Gasteiger partial charge in [0, 0.05) is 48.4 Å². The Bertz CT molecular complexity index is 1200. The van der Waals surface area contributed by atoms with E-state index < -0.39 is 0 Å². The summed E-state index contributed by atoms with van der Waals surface area (Å²) in [5.74, 6) is 7.60. The van der Waals surface area contributed by atoms with Crippen molar-refractivity contribution < 1.29 is 5.11 Å². The number of fused-ring (bicyclic) bond motifs is 1. The van der Waals surface area contributed by atoms with Gasteiger partial charge in [-0.1, -0.05) is 84.8 Å². The summed E-state index contributed by atoms with van der Waals surface area (Å²) < 4.78 is 2.07. The van der Waals surface area contributed by atoms with E-state index in [1.165, 1.54) is 11.1 Å². The number of piperidine rings is 1. The van der Waals surface area contributed by atoms with Crippen LogP contribution in [0.2, 0.25) is 0 Å². The first-order valence-electron chi connectivity index (χ1n) is 11.9. The fourth-order valence-electron chi connectivity index (χ4n) is 4.94. The molecule has 0 aliphatic carbocycles. The van der Waals surface area contributed by atoms with Gasteiger partial charge in [0.1, 0.15) is 0 Å². The van der Waals surface area contributed by atoms with Crippen LogP contribution >= 0.6 is 0 Å². The summed E-state index contributed by atoms with van der Waals surface area (Å²) in [7, 11) is 0. The Morgan fingerprint density at radius 1 is 0.788 bits per heavy atom. The SMILES string of the molecule is Oc1c2ccccc2cn1C1CCN(CC#CCC(c2ccccc2)c2ccccc2)CC1. The van der Waals surface area contributed by atoms with Gasteiger partial charge in [0.05, 0.1) is 6.54 Å². The largest absolute Gasteiger partial charge is 0.494 e. The van der Waals surface area contributed by atoms with Crippen molar-refractivity contribution in [2.75, 3.05) is 19.6 Å². The Labute approximate surface area is 196 Å². The molecule has 0 atom stereocenters. The van der Waals surface area contributed by atoms with Crippen LogP contribution in [0.3, 0.4) is 0 Å². The van der Waals surface area contributed by atoms with Crippen LogP contribution in [0.1, 0.15) is 42.3 Å². The second-order valence-electron chi connectivity index (χ2n) is 8.89. The van der Waals surface area contributed by atoms with Crippen molar-refractivity contribution in [2.24, 2.45) is 0 Å². The molecule has 0 unspecified atom stereocenters. The molecule has 1 N–H and O–H groups in total. The summed E-state index contributed by atoms with van der Waals surface area (Å²) in [6.07, 6.45) is 4.99. The number of benzene rings is 3. The number of aromatic hydroxyl groups is 1. The minimum atomic E-state index is 0.302. The van der Waals surface area contributed by atoms with Crippen LogP contribution in [0.15, 0.2) is 91.1 Å². The molecule has 0 bridgehead atoms. The van der Waals surface area contributed by atoms with Crippen molar-refractivity contribution >= 4 is 10.8 Å². The van der Waals surface area contributed by atoms with Crippen LogP contribution in [0, 0.1) is 11.8 Å². The molecule has 33 heavy (non-hydrogen) atoms.